The minimum atomic E-state index is 0.404. The van der Waals surface area contributed by atoms with Gasteiger partial charge in [0, 0.05) is 44.7 Å². The van der Waals surface area contributed by atoms with Crippen molar-refractivity contribution in [1.29, 1.82) is 0 Å². The average Bonchev–Trinajstić information content (AvgIpc) is 2.48. The quantitative estimate of drug-likeness (QED) is 0.858. The topological polar surface area (TPSA) is 50.3 Å². The molecule has 1 aromatic rings. The van der Waals surface area contributed by atoms with E-state index in [1.807, 2.05) is 6.07 Å². The molecule has 1 saturated heterocycles. The number of hydrogen-bond acceptors (Lipinski definition) is 5. The van der Waals surface area contributed by atoms with E-state index in [0.717, 1.165) is 25.6 Å². The molecular formula is C15H26N4O. The van der Waals surface area contributed by atoms with Gasteiger partial charge in [0.2, 0.25) is 5.95 Å². The molecule has 1 aromatic heterocycles. The number of ether oxygens (including phenoxy) is 1. The van der Waals surface area contributed by atoms with Crippen molar-refractivity contribution in [2.75, 3.05) is 31.7 Å². The molecule has 1 aliphatic heterocycles. The lowest BCUT2D eigenvalue weighted by Crippen LogP contribution is -2.52. The Hall–Kier alpha value is -1.20. The van der Waals surface area contributed by atoms with E-state index in [2.05, 4.69) is 34.0 Å². The van der Waals surface area contributed by atoms with E-state index in [4.69, 9.17) is 4.74 Å². The van der Waals surface area contributed by atoms with E-state index < -0.39 is 0 Å². The summed E-state index contributed by atoms with van der Waals surface area (Å²) >= 11 is 0. The number of nitrogens with one attached hydrogen (secondary N) is 1. The van der Waals surface area contributed by atoms with Gasteiger partial charge in [-0.2, -0.15) is 0 Å². The zero-order valence-electron chi connectivity index (χ0n) is 12.7. The number of piperidine rings is 1. The fourth-order valence-electron chi connectivity index (χ4n) is 2.66. The lowest BCUT2D eigenvalue weighted by atomic mass is 10.0. The number of hydrogen-bond donors (Lipinski definition) is 1. The summed E-state index contributed by atoms with van der Waals surface area (Å²) < 4.78 is 5.32. The monoisotopic (exact) mass is 278 g/mol. The van der Waals surface area contributed by atoms with E-state index in [1.54, 1.807) is 19.5 Å². The van der Waals surface area contributed by atoms with Crippen molar-refractivity contribution in [3.8, 4) is 0 Å². The molecule has 0 aliphatic carbocycles. The first-order valence-electron chi connectivity index (χ1n) is 7.47. The van der Waals surface area contributed by atoms with Gasteiger partial charge in [-0.1, -0.05) is 13.8 Å². The Morgan fingerprint density at radius 3 is 2.80 bits per heavy atom. The van der Waals surface area contributed by atoms with Crippen molar-refractivity contribution in [3.05, 3.63) is 18.5 Å². The average molecular weight is 278 g/mol. The molecule has 112 valence electrons. The predicted octanol–water partition coefficient (Wildman–Crippen LogP) is 1.71. The van der Waals surface area contributed by atoms with Crippen LogP contribution in [-0.4, -0.2) is 48.9 Å². The van der Waals surface area contributed by atoms with Crippen LogP contribution in [0.5, 0.6) is 0 Å². The highest BCUT2D eigenvalue weighted by molar-refractivity contribution is 5.29. The smallest absolute Gasteiger partial charge is 0.225 e. The Bertz CT molecular complexity index is 385. The molecule has 2 heterocycles. The van der Waals surface area contributed by atoms with Crippen LogP contribution in [-0.2, 0) is 4.74 Å². The summed E-state index contributed by atoms with van der Waals surface area (Å²) in [5.41, 5.74) is 0. The second-order valence-electron chi connectivity index (χ2n) is 5.81. The van der Waals surface area contributed by atoms with Gasteiger partial charge in [0.1, 0.15) is 0 Å². The van der Waals surface area contributed by atoms with Crippen molar-refractivity contribution < 1.29 is 4.74 Å². The molecule has 2 unspecified atom stereocenters. The lowest BCUT2D eigenvalue weighted by molar-refractivity contribution is 0.138. The molecular weight excluding hydrogens is 252 g/mol. The Labute approximate surface area is 121 Å². The van der Waals surface area contributed by atoms with Gasteiger partial charge in [0.15, 0.2) is 0 Å². The minimum absolute atomic E-state index is 0.404. The Morgan fingerprint density at radius 2 is 2.15 bits per heavy atom. The maximum absolute atomic E-state index is 5.32. The molecule has 0 saturated carbocycles. The maximum Gasteiger partial charge on any atom is 0.225 e. The van der Waals surface area contributed by atoms with E-state index in [-0.39, 0.29) is 0 Å². The van der Waals surface area contributed by atoms with Crippen molar-refractivity contribution in [1.82, 2.24) is 15.3 Å². The Balaban J connectivity index is 1.93. The van der Waals surface area contributed by atoms with E-state index in [0.29, 0.717) is 18.0 Å². The molecule has 1 aliphatic rings. The summed E-state index contributed by atoms with van der Waals surface area (Å²) in [7, 11) is 1.77. The number of methoxy groups -OCH3 is 1. The number of nitrogens with zero attached hydrogens (tertiary/aromatic N) is 3. The first-order valence-corrected chi connectivity index (χ1v) is 7.47. The second kappa shape index (κ2) is 7.55. The first-order chi connectivity index (χ1) is 9.70. The summed E-state index contributed by atoms with van der Waals surface area (Å²) in [4.78, 5) is 11.0. The third-order valence-electron chi connectivity index (χ3n) is 3.86. The second-order valence-corrected chi connectivity index (χ2v) is 5.81. The molecule has 1 N–H and O–H groups in total. The highest BCUT2D eigenvalue weighted by Crippen LogP contribution is 2.16. The van der Waals surface area contributed by atoms with Gasteiger partial charge in [-0.05, 0) is 24.8 Å². The summed E-state index contributed by atoms with van der Waals surface area (Å²) in [5.74, 6) is 1.41. The van der Waals surface area contributed by atoms with E-state index in [1.165, 1.54) is 12.8 Å². The SMILES string of the molecule is COCC(NC1CCCN(c2ncccn2)C1)C(C)C. The van der Waals surface area contributed by atoms with E-state index in [9.17, 15) is 0 Å². The molecule has 0 aromatic carbocycles. The normalized spacial score (nSPS) is 21.2. The molecule has 5 nitrogen and oxygen atoms in total. The molecule has 5 heteroatoms. The summed E-state index contributed by atoms with van der Waals surface area (Å²) in [6.07, 6.45) is 5.99. The fraction of sp³-hybridized carbons (Fsp3) is 0.733. The van der Waals surface area contributed by atoms with Crippen LogP contribution in [0.2, 0.25) is 0 Å². The minimum Gasteiger partial charge on any atom is -0.383 e. The molecule has 2 rings (SSSR count). The van der Waals surface area contributed by atoms with Gasteiger partial charge in [-0.15, -0.1) is 0 Å². The van der Waals surface area contributed by atoms with Crippen LogP contribution in [0.3, 0.4) is 0 Å². The maximum atomic E-state index is 5.32. The molecule has 0 spiro atoms. The molecule has 0 bridgehead atoms. The van der Waals surface area contributed by atoms with E-state index >= 15 is 0 Å². The zero-order chi connectivity index (χ0) is 14.4. The summed E-state index contributed by atoms with van der Waals surface area (Å²) in [6.45, 7) is 7.24. The zero-order valence-corrected chi connectivity index (χ0v) is 12.7. The third kappa shape index (κ3) is 4.15. The van der Waals surface area contributed by atoms with Gasteiger partial charge in [-0.3, -0.25) is 0 Å². The Morgan fingerprint density at radius 1 is 1.40 bits per heavy atom. The van der Waals surface area contributed by atoms with Gasteiger partial charge in [0.25, 0.3) is 0 Å². The Kier molecular flexibility index (Phi) is 5.73. The van der Waals surface area contributed by atoms with Crippen LogP contribution in [0.25, 0.3) is 0 Å². The van der Waals surface area contributed by atoms with Crippen LogP contribution in [0.1, 0.15) is 26.7 Å². The van der Waals surface area contributed by atoms with Gasteiger partial charge < -0.3 is 15.0 Å². The standard InChI is InChI=1S/C15H26N4O/c1-12(2)14(11-20-3)18-13-6-4-9-19(10-13)15-16-7-5-8-17-15/h5,7-8,12-14,18H,4,6,9-11H2,1-3H3. The van der Waals surface area contributed by atoms with Gasteiger partial charge >= 0.3 is 0 Å². The van der Waals surface area contributed by atoms with Crippen molar-refractivity contribution in [2.24, 2.45) is 5.92 Å². The fourth-order valence-corrected chi connectivity index (χ4v) is 2.66. The molecule has 0 radical (unpaired) electrons. The largest absolute Gasteiger partial charge is 0.383 e. The number of rotatable bonds is 6. The summed E-state index contributed by atoms with van der Waals surface area (Å²) in [6, 6.07) is 2.74. The van der Waals surface area contributed by atoms with Crippen molar-refractivity contribution >= 4 is 5.95 Å². The van der Waals surface area contributed by atoms with Crippen LogP contribution < -0.4 is 10.2 Å². The molecule has 1 fully saturated rings. The highest BCUT2D eigenvalue weighted by Gasteiger charge is 2.24. The van der Waals surface area contributed by atoms with Crippen molar-refractivity contribution in [3.63, 3.8) is 0 Å². The molecule has 20 heavy (non-hydrogen) atoms. The number of anilines is 1. The molecule has 2 atom stereocenters. The lowest BCUT2D eigenvalue weighted by Gasteiger charge is -2.36. The van der Waals surface area contributed by atoms with Crippen LogP contribution in [0, 0.1) is 5.92 Å². The van der Waals surface area contributed by atoms with Gasteiger partial charge in [0.05, 0.1) is 6.61 Å². The van der Waals surface area contributed by atoms with Crippen LogP contribution in [0.4, 0.5) is 5.95 Å². The third-order valence-corrected chi connectivity index (χ3v) is 3.86. The molecule has 0 amide bonds. The summed E-state index contributed by atoms with van der Waals surface area (Å²) in [5, 5.41) is 3.73. The predicted molar refractivity (Wildman–Crippen MR) is 80.9 cm³/mol. The number of aromatic nitrogens is 2. The first kappa shape index (κ1) is 15.2. The van der Waals surface area contributed by atoms with Crippen LogP contribution >= 0.6 is 0 Å². The highest BCUT2D eigenvalue weighted by atomic mass is 16.5. The van der Waals surface area contributed by atoms with Crippen molar-refractivity contribution in [2.45, 2.75) is 38.8 Å². The van der Waals surface area contributed by atoms with Gasteiger partial charge in [-0.25, -0.2) is 9.97 Å². The van der Waals surface area contributed by atoms with Crippen LogP contribution in [0.15, 0.2) is 18.5 Å².